The maximum Gasteiger partial charge on any atom is 0.233 e. The van der Waals surface area contributed by atoms with Gasteiger partial charge in [-0.3, -0.25) is 4.79 Å². The number of nitrogens with two attached hydrogens (primary N) is 1. The Morgan fingerprint density at radius 3 is 2.64 bits per heavy atom. The molecule has 3 N–H and O–H groups in total. The molecule has 0 bridgehead atoms. The Morgan fingerprint density at radius 1 is 1.36 bits per heavy atom. The predicted molar refractivity (Wildman–Crippen MR) is 49.7 cm³/mol. The van der Waals surface area contributed by atoms with E-state index in [1.807, 2.05) is 0 Å². The van der Waals surface area contributed by atoms with Crippen LogP contribution in [0.4, 0.5) is 0 Å². The monoisotopic (exact) mass is 222 g/mol. The van der Waals surface area contributed by atoms with Crippen LogP contribution in [-0.4, -0.2) is 24.3 Å². The van der Waals surface area contributed by atoms with Gasteiger partial charge in [0.2, 0.25) is 5.91 Å². The van der Waals surface area contributed by atoms with Crippen molar-refractivity contribution in [2.24, 2.45) is 5.73 Å². The molecule has 0 atom stereocenters. The number of hydrogen-bond acceptors (Lipinski definition) is 2. The molecular formula is C7H15BrN2O. The smallest absolute Gasteiger partial charge is 0.233 e. The number of halogens is 1. The highest BCUT2D eigenvalue weighted by Gasteiger charge is 1.94. The molecule has 0 radical (unpaired) electrons. The minimum atomic E-state index is -0.0659. The Hall–Kier alpha value is -0.0900. The zero-order chi connectivity index (χ0) is 8.53. The Morgan fingerprint density at radius 2 is 2.09 bits per heavy atom. The Balaban J connectivity index is 2.95. The maximum absolute atomic E-state index is 10.6. The average molecular weight is 223 g/mol. The lowest BCUT2D eigenvalue weighted by Crippen LogP contribution is -2.30. The van der Waals surface area contributed by atoms with Gasteiger partial charge in [0.05, 0.1) is 6.54 Å². The van der Waals surface area contributed by atoms with Crippen LogP contribution in [0.5, 0.6) is 0 Å². The quantitative estimate of drug-likeness (QED) is 0.512. The van der Waals surface area contributed by atoms with E-state index in [1.54, 1.807) is 0 Å². The van der Waals surface area contributed by atoms with Gasteiger partial charge in [-0.15, -0.1) is 0 Å². The summed E-state index contributed by atoms with van der Waals surface area (Å²) >= 11 is 3.34. The van der Waals surface area contributed by atoms with E-state index in [-0.39, 0.29) is 12.5 Å². The first-order valence-corrected chi connectivity index (χ1v) is 4.96. The van der Waals surface area contributed by atoms with Crippen molar-refractivity contribution < 1.29 is 4.79 Å². The lowest BCUT2D eigenvalue weighted by molar-refractivity contribution is -0.119. The molecular weight excluding hydrogens is 208 g/mol. The third kappa shape index (κ3) is 7.81. The molecule has 0 aromatic rings. The van der Waals surface area contributed by atoms with E-state index in [9.17, 15) is 4.79 Å². The maximum atomic E-state index is 10.6. The molecule has 0 saturated carbocycles. The largest absolute Gasteiger partial charge is 0.355 e. The summed E-state index contributed by atoms with van der Waals surface area (Å²) in [6.07, 6.45) is 3.35. The molecule has 0 rings (SSSR count). The van der Waals surface area contributed by atoms with Gasteiger partial charge >= 0.3 is 0 Å². The molecule has 1 amide bonds. The van der Waals surface area contributed by atoms with Crippen LogP contribution >= 0.6 is 15.9 Å². The van der Waals surface area contributed by atoms with E-state index in [0.717, 1.165) is 24.7 Å². The first kappa shape index (κ1) is 10.9. The highest BCUT2D eigenvalue weighted by molar-refractivity contribution is 9.09. The molecule has 0 unspecified atom stereocenters. The van der Waals surface area contributed by atoms with Crippen LogP contribution in [0.3, 0.4) is 0 Å². The van der Waals surface area contributed by atoms with Gasteiger partial charge in [0.1, 0.15) is 0 Å². The van der Waals surface area contributed by atoms with Crippen LogP contribution in [-0.2, 0) is 4.79 Å². The number of rotatable bonds is 6. The zero-order valence-corrected chi connectivity index (χ0v) is 8.19. The predicted octanol–water partition coefficient (Wildman–Crippen LogP) is 0.626. The van der Waals surface area contributed by atoms with Crippen molar-refractivity contribution in [3.8, 4) is 0 Å². The Bertz CT molecular complexity index is 109. The third-order valence-corrected chi connectivity index (χ3v) is 1.88. The van der Waals surface area contributed by atoms with Gasteiger partial charge in [0.25, 0.3) is 0 Å². The van der Waals surface area contributed by atoms with Crippen LogP contribution in [0.1, 0.15) is 19.3 Å². The van der Waals surface area contributed by atoms with Crippen molar-refractivity contribution in [1.82, 2.24) is 5.32 Å². The molecule has 0 aliphatic carbocycles. The zero-order valence-electron chi connectivity index (χ0n) is 6.61. The topological polar surface area (TPSA) is 55.1 Å². The van der Waals surface area contributed by atoms with E-state index in [4.69, 9.17) is 5.73 Å². The normalized spacial score (nSPS) is 9.64. The standard InChI is InChI=1S/C7H15BrN2O/c8-4-2-1-3-5-10-7(11)6-9/h1-6,9H2,(H,10,11). The fourth-order valence-electron chi connectivity index (χ4n) is 0.696. The van der Waals surface area contributed by atoms with Gasteiger partial charge < -0.3 is 11.1 Å². The minimum Gasteiger partial charge on any atom is -0.355 e. The number of carbonyl (C=O) groups is 1. The highest BCUT2D eigenvalue weighted by Crippen LogP contribution is 1.96. The first-order valence-electron chi connectivity index (χ1n) is 3.84. The molecule has 0 aliphatic heterocycles. The second-order valence-electron chi connectivity index (χ2n) is 2.30. The number of hydrogen-bond donors (Lipinski definition) is 2. The lowest BCUT2D eigenvalue weighted by Gasteiger charge is -2.01. The van der Waals surface area contributed by atoms with Crippen molar-refractivity contribution in [3.05, 3.63) is 0 Å². The molecule has 0 aliphatic rings. The summed E-state index contributed by atoms with van der Waals surface area (Å²) in [5.74, 6) is -0.0659. The molecule has 3 nitrogen and oxygen atoms in total. The Kier molecular flexibility index (Phi) is 7.95. The van der Waals surface area contributed by atoms with E-state index in [1.165, 1.54) is 6.42 Å². The number of unbranched alkanes of at least 4 members (excludes halogenated alkanes) is 2. The van der Waals surface area contributed by atoms with Crippen molar-refractivity contribution in [2.75, 3.05) is 18.4 Å². The number of carbonyl (C=O) groups excluding carboxylic acids is 1. The first-order chi connectivity index (χ1) is 5.31. The van der Waals surface area contributed by atoms with Crippen molar-refractivity contribution in [3.63, 3.8) is 0 Å². The fourth-order valence-corrected chi connectivity index (χ4v) is 1.09. The number of nitrogens with one attached hydrogen (secondary N) is 1. The number of amides is 1. The second-order valence-corrected chi connectivity index (χ2v) is 3.10. The lowest BCUT2D eigenvalue weighted by atomic mass is 10.2. The molecule has 0 heterocycles. The van der Waals surface area contributed by atoms with Gasteiger partial charge in [-0.1, -0.05) is 22.4 Å². The van der Waals surface area contributed by atoms with Gasteiger partial charge in [-0.05, 0) is 12.8 Å². The number of alkyl halides is 1. The van der Waals surface area contributed by atoms with E-state index in [0.29, 0.717) is 0 Å². The SMILES string of the molecule is NCC(=O)NCCCCCBr. The molecule has 0 aromatic heterocycles. The van der Waals surface area contributed by atoms with Gasteiger partial charge in [0, 0.05) is 11.9 Å². The summed E-state index contributed by atoms with van der Waals surface area (Å²) in [5, 5.41) is 3.75. The van der Waals surface area contributed by atoms with Crippen LogP contribution in [0.2, 0.25) is 0 Å². The van der Waals surface area contributed by atoms with E-state index < -0.39 is 0 Å². The van der Waals surface area contributed by atoms with Crippen LogP contribution in [0.15, 0.2) is 0 Å². The molecule has 4 heteroatoms. The molecule has 0 aromatic carbocycles. The average Bonchev–Trinajstić information content (AvgIpc) is 2.04. The van der Waals surface area contributed by atoms with Gasteiger partial charge in [0.15, 0.2) is 0 Å². The molecule has 0 fully saturated rings. The highest BCUT2D eigenvalue weighted by atomic mass is 79.9. The summed E-state index contributed by atoms with van der Waals surface area (Å²) in [7, 11) is 0. The van der Waals surface area contributed by atoms with Crippen molar-refractivity contribution in [2.45, 2.75) is 19.3 Å². The molecule has 66 valence electrons. The summed E-state index contributed by atoms with van der Waals surface area (Å²) in [4.78, 5) is 10.6. The third-order valence-electron chi connectivity index (χ3n) is 1.32. The summed E-state index contributed by atoms with van der Waals surface area (Å²) in [5.41, 5.74) is 5.09. The van der Waals surface area contributed by atoms with E-state index >= 15 is 0 Å². The molecule has 0 saturated heterocycles. The summed E-state index contributed by atoms with van der Waals surface area (Å²) < 4.78 is 0. The molecule has 0 spiro atoms. The van der Waals surface area contributed by atoms with Crippen molar-refractivity contribution in [1.29, 1.82) is 0 Å². The van der Waals surface area contributed by atoms with Crippen LogP contribution < -0.4 is 11.1 Å². The fraction of sp³-hybridized carbons (Fsp3) is 0.857. The summed E-state index contributed by atoms with van der Waals surface area (Å²) in [6.45, 7) is 0.849. The van der Waals surface area contributed by atoms with Gasteiger partial charge in [-0.2, -0.15) is 0 Å². The van der Waals surface area contributed by atoms with Crippen LogP contribution in [0, 0.1) is 0 Å². The van der Waals surface area contributed by atoms with Crippen molar-refractivity contribution >= 4 is 21.8 Å². The Labute approximate surface area is 75.8 Å². The van der Waals surface area contributed by atoms with Crippen LogP contribution in [0.25, 0.3) is 0 Å². The molecule has 11 heavy (non-hydrogen) atoms. The summed E-state index contributed by atoms with van der Waals surface area (Å²) in [6, 6.07) is 0. The van der Waals surface area contributed by atoms with Gasteiger partial charge in [-0.25, -0.2) is 0 Å². The second kappa shape index (κ2) is 8.01. The van der Waals surface area contributed by atoms with E-state index in [2.05, 4.69) is 21.2 Å². The minimum absolute atomic E-state index is 0.0659.